The van der Waals surface area contributed by atoms with Gasteiger partial charge in [0.1, 0.15) is 0 Å². The molecule has 1 aromatic heterocycles. The van der Waals surface area contributed by atoms with Crippen molar-refractivity contribution in [3.8, 4) is 33.4 Å². The second-order valence-corrected chi connectivity index (χ2v) is 14.5. The van der Waals surface area contributed by atoms with Gasteiger partial charge in [0.15, 0.2) is 0 Å². The minimum absolute atomic E-state index is 1.11. The molecule has 0 fully saturated rings. The first-order chi connectivity index (χ1) is 25.7. The second-order valence-electron chi connectivity index (χ2n) is 13.4. The fraction of sp³-hybridized carbons (Fsp3) is 0. The van der Waals surface area contributed by atoms with E-state index < -0.39 is 0 Å². The summed E-state index contributed by atoms with van der Waals surface area (Å²) in [5.74, 6) is 0. The van der Waals surface area contributed by atoms with Crippen molar-refractivity contribution in [1.29, 1.82) is 0 Å². The third-order valence-corrected chi connectivity index (χ3v) is 11.3. The molecule has 10 aromatic rings. The zero-order valence-corrected chi connectivity index (χ0v) is 29.2. The maximum atomic E-state index is 2.37. The van der Waals surface area contributed by atoms with Gasteiger partial charge < -0.3 is 4.90 Å². The van der Waals surface area contributed by atoms with Gasteiger partial charge in [-0.2, -0.15) is 0 Å². The molecule has 2 heteroatoms. The molecule has 52 heavy (non-hydrogen) atoms. The standard InChI is InChI=1S/C50H33NS/c1-2-9-34(10-3-1)36-21-25-44(26-22-36)51(46-14-8-13-39(31-46)41-18-17-35-11-4-5-12-38(35)29-41)45-27-23-37(24-28-45)40-19-20-42-33-50-48(32-43(42)30-40)47-15-6-7-16-49(47)52-50/h1-33H. The van der Waals surface area contributed by atoms with Crippen molar-refractivity contribution < 1.29 is 0 Å². The third-order valence-electron chi connectivity index (χ3n) is 10.2. The maximum absolute atomic E-state index is 2.37. The monoisotopic (exact) mass is 679 g/mol. The lowest BCUT2D eigenvalue weighted by molar-refractivity contribution is 1.28. The van der Waals surface area contributed by atoms with E-state index in [4.69, 9.17) is 0 Å². The Morgan fingerprint density at radius 1 is 0.269 bits per heavy atom. The molecule has 0 radical (unpaired) electrons. The molecule has 0 aliphatic heterocycles. The van der Waals surface area contributed by atoms with Crippen molar-refractivity contribution in [3.63, 3.8) is 0 Å². The van der Waals surface area contributed by atoms with E-state index in [9.17, 15) is 0 Å². The van der Waals surface area contributed by atoms with Crippen LogP contribution < -0.4 is 4.90 Å². The van der Waals surface area contributed by atoms with Gasteiger partial charge in [0.05, 0.1) is 0 Å². The number of nitrogens with zero attached hydrogens (tertiary/aromatic N) is 1. The van der Waals surface area contributed by atoms with Gasteiger partial charge in [-0.1, -0.05) is 133 Å². The molecule has 0 bridgehead atoms. The molecule has 0 unspecified atom stereocenters. The van der Waals surface area contributed by atoms with Crippen LogP contribution in [0.4, 0.5) is 17.1 Å². The summed E-state index contributed by atoms with van der Waals surface area (Å²) < 4.78 is 2.68. The molecule has 0 aliphatic carbocycles. The maximum Gasteiger partial charge on any atom is 0.0467 e. The van der Waals surface area contributed by atoms with Gasteiger partial charge in [-0.05, 0) is 122 Å². The predicted octanol–water partition coefficient (Wildman–Crippen LogP) is 14.8. The molecule has 10 rings (SSSR count). The van der Waals surface area contributed by atoms with Crippen molar-refractivity contribution >= 4 is 70.1 Å². The first-order valence-electron chi connectivity index (χ1n) is 17.7. The molecule has 0 amide bonds. The fourth-order valence-electron chi connectivity index (χ4n) is 7.53. The summed E-state index contributed by atoms with van der Waals surface area (Å²) in [6, 6.07) is 73.0. The highest BCUT2D eigenvalue weighted by atomic mass is 32.1. The van der Waals surface area contributed by atoms with Gasteiger partial charge in [0, 0.05) is 37.2 Å². The van der Waals surface area contributed by atoms with Gasteiger partial charge in [-0.15, -0.1) is 11.3 Å². The Balaban J connectivity index is 1.04. The van der Waals surface area contributed by atoms with Crippen LogP contribution in [0.2, 0.25) is 0 Å². The van der Waals surface area contributed by atoms with E-state index in [0.717, 1.165) is 17.1 Å². The molecule has 0 aliphatic rings. The van der Waals surface area contributed by atoms with Crippen LogP contribution in [0.1, 0.15) is 0 Å². The van der Waals surface area contributed by atoms with Crippen LogP contribution in [0.5, 0.6) is 0 Å². The van der Waals surface area contributed by atoms with E-state index in [1.165, 1.54) is 75.1 Å². The van der Waals surface area contributed by atoms with Crippen LogP contribution in [-0.2, 0) is 0 Å². The topological polar surface area (TPSA) is 3.24 Å². The number of rotatable bonds is 6. The Bertz CT molecular complexity index is 2890. The summed E-state index contributed by atoms with van der Waals surface area (Å²) in [5, 5.41) is 7.71. The Hall–Kier alpha value is -6.48. The lowest BCUT2D eigenvalue weighted by atomic mass is 9.99. The average molecular weight is 680 g/mol. The first-order valence-corrected chi connectivity index (χ1v) is 18.6. The molecule has 9 aromatic carbocycles. The largest absolute Gasteiger partial charge is 0.310 e. The summed E-state index contributed by atoms with van der Waals surface area (Å²) in [6.45, 7) is 0. The number of thiophene rings is 1. The van der Waals surface area contributed by atoms with E-state index in [1.807, 2.05) is 11.3 Å². The number of hydrogen-bond acceptors (Lipinski definition) is 2. The smallest absolute Gasteiger partial charge is 0.0467 e. The van der Waals surface area contributed by atoms with E-state index >= 15 is 0 Å². The van der Waals surface area contributed by atoms with E-state index in [-0.39, 0.29) is 0 Å². The Labute approximate surface area is 307 Å². The Kier molecular flexibility index (Phi) is 7.41. The SMILES string of the molecule is c1ccc(-c2ccc(N(c3ccc(-c4ccc5cc6sc7ccccc7c6cc5c4)cc3)c3cccc(-c4ccc5ccccc5c4)c3)cc2)cc1. The molecule has 0 atom stereocenters. The first kappa shape index (κ1) is 30.4. The second kappa shape index (κ2) is 12.7. The lowest BCUT2D eigenvalue weighted by Gasteiger charge is -2.26. The number of hydrogen-bond donors (Lipinski definition) is 0. The minimum atomic E-state index is 1.11. The van der Waals surface area contributed by atoms with E-state index in [1.54, 1.807) is 0 Å². The van der Waals surface area contributed by atoms with Crippen molar-refractivity contribution in [1.82, 2.24) is 0 Å². The quantitative estimate of drug-likeness (QED) is 0.169. The Morgan fingerprint density at radius 3 is 1.60 bits per heavy atom. The van der Waals surface area contributed by atoms with Gasteiger partial charge >= 0.3 is 0 Å². The average Bonchev–Trinajstić information content (AvgIpc) is 3.58. The minimum Gasteiger partial charge on any atom is -0.310 e. The number of anilines is 3. The van der Waals surface area contributed by atoms with E-state index in [0.29, 0.717) is 0 Å². The molecule has 0 saturated carbocycles. The highest BCUT2D eigenvalue weighted by molar-refractivity contribution is 7.25. The zero-order valence-electron chi connectivity index (χ0n) is 28.4. The summed E-state index contributed by atoms with van der Waals surface area (Å²) in [4.78, 5) is 2.36. The molecule has 244 valence electrons. The molecule has 0 spiro atoms. The Morgan fingerprint density at radius 2 is 0.808 bits per heavy atom. The summed E-state index contributed by atoms with van der Waals surface area (Å²) in [7, 11) is 0. The van der Waals surface area contributed by atoms with Crippen LogP contribution in [0.15, 0.2) is 200 Å². The van der Waals surface area contributed by atoms with Crippen LogP contribution in [0.3, 0.4) is 0 Å². The van der Waals surface area contributed by atoms with Crippen molar-refractivity contribution in [2.45, 2.75) is 0 Å². The zero-order chi connectivity index (χ0) is 34.4. The number of fused-ring (bicyclic) bond motifs is 5. The van der Waals surface area contributed by atoms with Crippen molar-refractivity contribution in [2.24, 2.45) is 0 Å². The van der Waals surface area contributed by atoms with Crippen molar-refractivity contribution in [3.05, 3.63) is 200 Å². The van der Waals surface area contributed by atoms with Crippen LogP contribution in [0, 0.1) is 0 Å². The van der Waals surface area contributed by atoms with Gasteiger partial charge in [-0.3, -0.25) is 0 Å². The highest BCUT2D eigenvalue weighted by Gasteiger charge is 2.15. The lowest BCUT2D eigenvalue weighted by Crippen LogP contribution is -2.10. The fourth-order valence-corrected chi connectivity index (χ4v) is 8.66. The molecule has 0 saturated heterocycles. The molecule has 1 nitrogen and oxygen atoms in total. The summed E-state index contributed by atoms with van der Waals surface area (Å²) in [6.07, 6.45) is 0. The predicted molar refractivity (Wildman–Crippen MR) is 225 cm³/mol. The van der Waals surface area contributed by atoms with Gasteiger partial charge in [0.25, 0.3) is 0 Å². The van der Waals surface area contributed by atoms with Crippen LogP contribution in [-0.4, -0.2) is 0 Å². The number of benzene rings is 9. The van der Waals surface area contributed by atoms with Gasteiger partial charge in [0.2, 0.25) is 0 Å². The summed E-state index contributed by atoms with van der Waals surface area (Å²) in [5.41, 5.74) is 10.6. The van der Waals surface area contributed by atoms with Crippen LogP contribution in [0.25, 0.3) is 75.1 Å². The molecule has 1 heterocycles. The van der Waals surface area contributed by atoms with E-state index in [2.05, 4.69) is 205 Å². The molecular formula is C50H33NS. The summed E-state index contributed by atoms with van der Waals surface area (Å²) >= 11 is 1.87. The highest BCUT2D eigenvalue weighted by Crippen LogP contribution is 2.40. The van der Waals surface area contributed by atoms with Gasteiger partial charge in [-0.25, -0.2) is 0 Å². The normalized spacial score (nSPS) is 11.5. The van der Waals surface area contributed by atoms with Crippen LogP contribution >= 0.6 is 11.3 Å². The third kappa shape index (κ3) is 5.51. The van der Waals surface area contributed by atoms with Crippen molar-refractivity contribution in [2.75, 3.05) is 4.90 Å². The molecule has 0 N–H and O–H groups in total. The molecular weight excluding hydrogens is 647 g/mol.